The fraction of sp³-hybridized carbons (Fsp3) is 0.450. The van der Waals surface area contributed by atoms with Crippen LogP contribution in [0.5, 0.6) is 0 Å². The number of aromatic nitrogens is 2. The molecular weight excluding hydrogens is 378 g/mol. The molecule has 0 aliphatic carbocycles. The van der Waals surface area contributed by atoms with Crippen LogP contribution in [0.25, 0.3) is 5.69 Å². The molecule has 152 valence electrons. The van der Waals surface area contributed by atoms with Crippen LogP contribution in [0, 0.1) is 19.8 Å². The molecule has 0 saturated carbocycles. The van der Waals surface area contributed by atoms with Crippen LogP contribution in [0.4, 0.5) is 0 Å². The predicted octanol–water partition coefficient (Wildman–Crippen LogP) is 1.84. The number of nitrogens with one attached hydrogen (secondary N) is 1. The van der Waals surface area contributed by atoms with Gasteiger partial charge in [0.15, 0.2) is 0 Å². The van der Waals surface area contributed by atoms with Crippen LogP contribution in [0.15, 0.2) is 30.5 Å². The van der Waals surface area contributed by atoms with Gasteiger partial charge < -0.3 is 16.0 Å². The molecule has 7 nitrogen and oxygen atoms in total. The Labute approximate surface area is 171 Å². The molecule has 0 spiro atoms. The Morgan fingerprint density at radius 3 is 2.75 bits per heavy atom. The molecule has 1 saturated heterocycles. The number of nitrogens with zero attached hydrogens (tertiary/aromatic N) is 3. The Morgan fingerprint density at radius 1 is 1.29 bits per heavy atom. The fourth-order valence-corrected chi connectivity index (χ4v) is 3.55. The lowest BCUT2D eigenvalue weighted by Gasteiger charge is -2.32. The average molecular weight is 406 g/mol. The number of likely N-dealkylation sites (tertiary alicyclic amines) is 1. The summed E-state index contributed by atoms with van der Waals surface area (Å²) in [5.41, 5.74) is 8.90. The third-order valence-electron chi connectivity index (χ3n) is 5.11. The Hall–Kier alpha value is -2.38. The smallest absolute Gasteiger partial charge is 0.257 e. The van der Waals surface area contributed by atoms with E-state index in [1.165, 1.54) is 0 Å². The quantitative estimate of drug-likeness (QED) is 0.793. The summed E-state index contributed by atoms with van der Waals surface area (Å²) in [6.45, 7) is 5.90. The molecule has 3 N–H and O–H groups in total. The summed E-state index contributed by atoms with van der Waals surface area (Å²) in [7, 11) is 0. The number of hydrogen-bond donors (Lipinski definition) is 2. The van der Waals surface area contributed by atoms with Crippen molar-refractivity contribution in [2.45, 2.75) is 26.7 Å². The van der Waals surface area contributed by atoms with Crippen molar-refractivity contribution < 1.29 is 9.59 Å². The van der Waals surface area contributed by atoms with Gasteiger partial charge in [-0.05, 0) is 38.3 Å². The minimum Gasteiger partial charge on any atom is -0.355 e. The van der Waals surface area contributed by atoms with E-state index in [9.17, 15) is 9.59 Å². The average Bonchev–Trinajstić information content (AvgIpc) is 3.07. The molecule has 1 aliphatic rings. The van der Waals surface area contributed by atoms with Crippen molar-refractivity contribution in [2.24, 2.45) is 11.7 Å². The van der Waals surface area contributed by atoms with E-state index in [1.54, 1.807) is 15.8 Å². The lowest BCUT2D eigenvalue weighted by Crippen LogP contribution is -2.46. The van der Waals surface area contributed by atoms with Crippen LogP contribution < -0.4 is 11.1 Å². The first-order valence-electron chi connectivity index (χ1n) is 9.40. The zero-order valence-corrected chi connectivity index (χ0v) is 17.2. The summed E-state index contributed by atoms with van der Waals surface area (Å²) in [6.07, 6.45) is 3.24. The minimum atomic E-state index is -0.180. The number of nitrogens with two attached hydrogens (primary N) is 1. The second-order valence-electron chi connectivity index (χ2n) is 7.01. The van der Waals surface area contributed by atoms with Crippen molar-refractivity contribution in [1.29, 1.82) is 0 Å². The zero-order valence-electron chi connectivity index (χ0n) is 16.4. The molecule has 1 atom stereocenters. The molecule has 1 unspecified atom stereocenters. The highest BCUT2D eigenvalue weighted by molar-refractivity contribution is 5.95. The molecule has 3 rings (SSSR count). The molecule has 2 aromatic rings. The molecule has 28 heavy (non-hydrogen) atoms. The van der Waals surface area contributed by atoms with Crippen LogP contribution in [0.2, 0.25) is 0 Å². The maximum Gasteiger partial charge on any atom is 0.257 e. The first kappa shape index (κ1) is 21.9. The van der Waals surface area contributed by atoms with Gasteiger partial charge in [-0.1, -0.05) is 18.2 Å². The van der Waals surface area contributed by atoms with Crippen LogP contribution in [0.1, 0.15) is 34.5 Å². The second kappa shape index (κ2) is 9.71. The largest absolute Gasteiger partial charge is 0.355 e. The second-order valence-corrected chi connectivity index (χ2v) is 7.01. The maximum atomic E-state index is 13.1. The summed E-state index contributed by atoms with van der Waals surface area (Å²) >= 11 is 0. The number of para-hydroxylation sites is 1. The molecule has 1 fully saturated rings. The number of carbonyl (C=O) groups excluding carboxylic acids is 2. The third-order valence-corrected chi connectivity index (χ3v) is 5.11. The number of amides is 2. The molecule has 1 aromatic heterocycles. The van der Waals surface area contributed by atoms with Gasteiger partial charge in [0.05, 0.1) is 29.1 Å². The number of halogens is 1. The highest BCUT2D eigenvalue weighted by Crippen LogP contribution is 2.22. The van der Waals surface area contributed by atoms with Crippen LogP contribution >= 0.6 is 12.4 Å². The van der Waals surface area contributed by atoms with Crippen molar-refractivity contribution in [3.8, 4) is 5.69 Å². The van der Waals surface area contributed by atoms with E-state index in [0.29, 0.717) is 31.7 Å². The summed E-state index contributed by atoms with van der Waals surface area (Å²) < 4.78 is 1.80. The van der Waals surface area contributed by atoms with E-state index in [-0.39, 0.29) is 30.1 Å². The number of aryl methyl sites for hydroxylation is 1. The molecule has 1 aromatic carbocycles. The first-order valence-corrected chi connectivity index (χ1v) is 9.40. The van der Waals surface area contributed by atoms with Crippen LogP contribution in [-0.4, -0.2) is 52.7 Å². The van der Waals surface area contributed by atoms with E-state index in [4.69, 9.17) is 5.73 Å². The van der Waals surface area contributed by atoms with Gasteiger partial charge in [-0.2, -0.15) is 5.10 Å². The van der Waals surface area contributed by atoms with Gasteiger partial charge in [-0.3, -0.25) is 9.59 Å². The third kappa shape index (κ3) is 4.54. The highest BCUT2D eigenvalue weighted by atomic mass is 35.5. The van der Waals surface area contributed by atoms with E-state index in [2.05, 4.69) is 10.4 Å². The summed E-state index contributed by atoms with van der Waals surface area (Å²) in [5, 5.41) is 7.26. The van der Waals surface area contributed by atoms with Gasteiger partial charge >= 0.3 is 0 Å². The molecule has 1 aliphatic heterocycles. The molecule has 2 amide bonds. The molecule has 0 bridgehead atoms. The standard InChI is InChI=1S/C20H27N5O2.ClH/c1-14-6-3-4-8-18(14)25-15(2)17(12-23-25)20(27)24-11-5-7-16(13-24)19(26)22-10-9-21;/h3-4,6,8,12,16H,5,7,9-11,13,21H2,1-2H3,(H,22,26);1H. The Bertz CT molecular complexity index is 836. The number of piperidine rings is 1. The number of rotatable bonds is 5. The number of carbonyl (C=O) groups is 2. The van der Waals surface area contributed by atoms with Gasteiger partial charge in [0, 0.05) is 26.2 Å². The van der Waals surface area contributed by atoms with Gasteiger partial charge in [0.25, 0.3) is 5.91 Å². The Morgan fingerprint density at radius 2 is 2.04 bits per heavy atom. The number of benzene rings is 1. The van der Waals surface area contributed by atoms with Crippen molar-refractivity contribution in [2.75, 3.05) is 26.2 Å². The number of hydrogen-bond acceptors (Lipinski definition) is 4. The SMILES string of the molecule is Cc1ccccc1-n1ncc(C(=O)N2CCCC(C(=O)NCCN)C2)c1C.Cl. The van der Waals surface area contributed by atoms with Crippen LogP contribution in [0.3, 0.4) is 0 Å². The van der Waals surface area contributed by atoms with Crippen molar-refractivity contribution in [3.63, 3.8) is 0 Å². The van der Waals surface area contributed by atoms with E-state index in [0.717, 1.165) is 29.8 Å². The van der Waals surface area contributed by atoms with Crippen LogP contribution in [-0.2, 0) is 4.79 Å². The highest BCUT2D eigenvalue weighted by Gasteiger charge is 2.30. The minimum absolute atomic E-state index is 0. The molecule has 0 radical (unpaired) electrons. The van der Waals surface area contributed by atoms with E-state index in [1.807, 2.05) is 38.1 Å². The molecule has 2 heterocycles. The van der Waals surface area contributed by atoms with E-state index >= 15 is 0 Å². The normalized spacial score (nSPS) is 16.4. The topological polar surface area (TPSA) is 93.2 Å². The van der Waals surface area contributed by atoms with Gasteiger partial charge in [0.2, 0.25) is 5.91 Å². The maximum absolute atomic E-state index is 13.1. The first-order chi connectivity index (χ1) is 13.0. The summed E-state index contributed by atoms with van der Waals surface area (Å²) in [6, 6.07) is 7.95. The van der Waals surface area contributed by atoms with Crippen molar-refractivity contribution in [3.05, 3.63) is 47.3 Å². The van der Waals surface area contributed by atoms with Crippen molar-refractivity contribution in [1.82, 2.24) is 20.0 Å². The Balaban J connectivity index is 0.00000280. The lowest BCUT2D eigenvalue weighted by molar-refractivity contribution is -0.126. The zero-order chi connectivity index (χ0) is 19.4. The predicted molar refractivity (Wildman–Crippen MR) is 111 cm³/mol. The fourth-order valence-electron chi connectivity index (χ4n) is 3.55. The lowest BCUT2D eigenvalue weighted by atomic mass is 9.96. The van der Waals surface area contributed by atoms with Gasteiger partial charge in [0.1, 0.15) is 0 Å². The Kier molecular flexibility index (Phi) is 7.60. The summed E-state index contributed by atoms with van der Waals surface area (Å²) in [5.74, 6) is -0.269. The van der Waals surface area contributed by atoms with E-state index < -0.39 is 0 Å². The molecular formula is C20H28ClN5O2. The molecule has 8 heteroatoms. The van der Waals surface area contributed by atoms with Gasteiger partial charge in [-0.25, -0.2) is 4.68 Å². The monoisotopic (exact) mass is 405 g/mol. The summed E-state index contributed by atoms with van der Waals surface area (Å²) in [4.78, 5) is 27.1. The van der Waals surface area contributed by atoms with Crippen molar-refractivity contribution >= 4 is 24.2 Å². The van der Waals surface area contributed by atoms with Gasteiger partial charge in [-0.15, -0.1) is 12.4 Å².